The van der Waals surface area contributed by atoms with E-state index in [1.165, 1.54) is 0 Å². The maximum Gasteiger partial charge on any atom is 0.260 e. The van der Waals surface area contributed by atoms with Crippen LogP contribution in [0.5, 0.6) is 0 Å². The summed E-state index contributed by atoms with van der Waals surface area (Å²) in [5.74, 6) is 0.314. The van der Waals surface area contributed by atoms with Crippen LogP contribution in [-0.4, -0.2) is 67.1 Å². The number of anilines is 1. The first-order valence-electron chi connectivity index (χ1n) is 11.4. The molecule has 0 bridgehead atoms. The number of rotatable bonds is 5. The Bertz CT molecular complexity index is 1300. The van der Waals surface area contributed by atoms with Gasteiger partial charge in [0.25, 0.3) is 5.91 Å². The van der Waals surface area contributed by atoms with Crippen LogP contribution in [0.2, 0.25) is 0 Å². The first-order valence-corrected chi connectivity index (χ1v) is 11.4. The van der Waals surface area contributed by atoms with Gasteiger partial charge in [-0.1, -0.05) is 12.1 Å². The number of nitrogens with one attached hydrogen (secondary N) is 2. The summed E-state index contributed by atoms with van der Waals surface area (Å²) in [6.07, 6.45) is 11.2. The lowest BCUT2D eigenvalue weighted by Gasteiger charge is -2.22. The van der Waals surface area contributed by atoms with E-state index in [2.05, 4.69) is 67.7 Å². The molecule has 3 aromatic heterocycles. The van der Waals surface area contributed by atoms with Gasteiger partial charge in [-0.3, -0.25) is 14.2 Å². The third-order valence-corrected chi connectivity index (χ3v) is 6.11. The fraction of sp³-hybridized carbons (Fsp3) is 0.273. The first-order chi connectivity index (χ1) is 15.9. The quantitative estimate of drug-likeness (QED) is 0.428. The zero-order valence-corrected chi connectivity index (χ0v) is 19.2. The predicted octanol–water partition coefficient (Wildman–Crippen LogP) is -0.0613. The molecular formula is C22H26B3N7O. The maximum absolute atomic E-state index is 12.8. The fourth-order valence-corrected chi connectivity index (χ4v) is 4.14. The van der Waals surface area contributed by atoms with E-state index in [4.69, 9.17) is 0 Å². The molecule has 1 aliphatic rings. The number of benzene rings is 1. The van der Waals surface area contributed by atoms with E-state index in [1.54, 1.807) is 12.4 Å². The molecule has 1 saturated heterocycles. The van der Waals surface area contributed by atoms with Gasteiger partial charge in [-0.25, -0.2) is 4.98 Å². The van der Waals surface area contributed by atoms with E-state index < -0.39 is 0 Å². The topological polar surface area (TPSA) is 89.7 Å². The summed E-state index contributed by atoms with van der Waals surface area (Å²) in [7, 11) is 6.38. The van der Waals surface area contributed by atoms with Gasteiger partial charge in [0.05, 0.1) is 24.0 Å². The minimum Gasteiger partial charge on any atom is -0.317 e. The van der Waals surface area contributed by atoms with Gasteiger partial charge in [0.1, 0.15) is 29.4 Å². The Balaban J connectivity index is 1.35. The first kappa shape index (κ1) is 21.5. The maximum atomic E-state index is 12.8. The number of piperidine rings is 1. The highest BCUT2D eigenvalue weighted by molar-refractivity contribution is 6.56. The molecule has 164 valence electrons. The average Bonchev–Trinajstić information content (AvgIpc) is 3.49. The third kappa shape index (κ3) is 4.59. The van der Waals surface area contributed by atoms with Crippen molar-refractivity contribution in [2.75, 3.05) is 18.4 Å². The number of carbonyl (C=O) groups is 1. The molecule has 5 rings (SSSR count). The number of fused-ring (bicyclic) bond motifs is 1. The number of nitrogens with zero attached hydrogens (tertiary/aromatic N) is 5. The van der Waals surface area contributed by atoms with E-state index >= 15 is 0 Å². The molecule has 33 heavy (non-hydrogen) atoms. The molecule has 8 nitrogen and oxygen atoms in total. The Hall–Kier alpha value is -3.33. The number of aromatic nitrogens is 5. The highest BCUT2D eigenvalue weighted by Gasteiger charge is 2.18. The monoisotopic (exact) mass is 437 g/mol. The summed E-state index contributed by atoms with van der Waals surface area (Å²) >= 11 is 0. The van der Waals surface area contributed by atoms with Crippen LogP contribution in [0.4, 0.5) is 5.82 Å². The van der Waals surface area contributed by atoms with Crippen LogP contribution in [0.25, 0.3) is 21.9 Å². The molecule has 0 saturated carbocycles. The number of pyridine rings is 1. The van der Waals surface area contributed by atoms with Crippen molar-refractivity contribution in [3.63, 3.8) is 0 Å². The van der Waals surface area contributed by atoms with E-state index in [-0.39, 0.29) is 11.1 Å². The van der Waals surface area contributed by atoms with Crippen LogP contribution in [0.3, 0.4) is 0 Å². The Labute approximate surface area is 195 Å². The summed E-state index contributed by atoms with van der Waals surface area (Å²) in [4.78, 5) is 17.2. The number of hydrogen-bond acceptors (Lipinski definition) is 5. The second-order valence-electron chi connectivity index (χ2n) is 9.62. The lowest BCUT2D eigenvalue weighted by molar-refractivity contribution is 0.102. The molecule has 2 N–H and O–H groups in total. The highest BCUT2D eigenvalue weighted by Crippen LogP contribution is 2.26. The van der Waals surface area contributed by atoms with Crippen molar-refractivity contribution < 1.29 is 4.79 Å². The second kappa shape index (κ2) is 8.55. The van der Waals surface area contributed by atoms with Crippen LogP contribution < -0.4 is 10.6 Å². The largest absolute Gasteiger partial charge is 0.317 e. The van der Waals surface area contributed by atoms with E-state index in [0.717, 1.165) is 47.8 Å². The Morgan fingerprint density at radius 1 is 1.00 bits per heavy atom. The minimum absolute atomic E-state index is 0.0713. The van der Waals surface area contributed by atoms with Gasteiger partial charge in [-0.2, -0.15) is 10.2 Å². The molecule has 1 aromatic carbocycles. The molecule has 0 radical (unpaired) electrons. The van der Waals surface area contributed by atoms with Crippen LogP contribution in [0.1, 0.15) is 29.2 Å². The normalized spacial score (nSPS) is 15.0. The average molecular weight is 437 g/mol. The van der Waals surface area contributed by atoms with Crippen LogP contribution >= 0.6 is 0 Å². The van der Waals surface area contributed by atoms with Crippen LogP contribution in [0, 0.1) is 0 Å². The Kier molecular flexibility index (Phi) is 5.58. The fourth-order valence-electron chi connectivity index (χ4n) is 4.14. The standard InChI is InChI=1S/C22H26B3N7O/c23-22(24,25)32-13-17(10-29-32)14-1-2-15-9-27-20(8-16(15)7-14)30-21(33)18-11-28-31(12-18)19-3-5-26-6-4-19/h1-2,7-13,19,26H,3-6,23-25H2,(H,27,30,33). The molecule has 4 aromatic rings. The zero-order chi connectivity index (χ0) is 23.0. The molecular weight excluding hydrogens is 411 g/mol. The van der Waals surface area contributed by atoms with Gasteiger partial charge in [-0.15, -0.1) is 0 Å². The summed E-state index contributed by atoms with van der Waals surface area (Å²) in [6.45, 7) is 1.96. The van der Waals surface area contributed by atoms with Crippen molar-refractivity contribution in [1.29, 1.82) is 0 Å². The van der Waals surface area contributed by atoms with E-state index in [1.807, 2.05) is 33.9 Å². The van der Waals surface area contributed by atoms with Gasteiger partial charge in [-0.05, 0) is 54.3 Å². The van der Waals surface area contributed by atoms with Crippen molar-refractivity contribution in [2.45, 2.75) is 24.1 Å². The van der Waals surface area contributed by atoms with Crippen molar-refractivity contribution in [3.8, 4) is 11.1 Å². The molecule has 0 spiro atoms. The summed E-state index contributed by atoms with van der Waals surface area (Å²) < 4.78 is 3.88. The van der Waals surface area contributed by atoms with Gasteiger partial charge < -0.3 is 10.6 Å². The summed E-state index contributed by atoms with van der Waals surface area (Å²) in [5.41, 5.74) is 2.67. The Morgan fingerprint density at radius 3 is 2.58 bits per heavy atom. The predicted molar refractivity (Wildman–Crippen MR) is 138 cm³/mol. The molecule has 1 fully saturated rings. The minimum atomic E-state index is -0.204. The molecule has 11 heteroatoms. The smallest absolute Gasteiger partial charge is 0.260 e. The SMILES string of the molecule is BC(B)(B)n1cc(-c2ccc3cnc(NC(=O)c4cnn(C5CCNCC5)c4)cc3c2)cn1. The summed E-state index contributed by atoms with van der Waals surface area (Å²) in [6, 6.07) is 8.46. The van der Waals surface area contributed by atoms with E-state index in [9.17, 15) is 4.79 Å². The molecule has 0 aliphatic carbocycles. The number of carbonyl (C=O) groups excluding carboxylic acids is 1. The highest BCUT2D eigenvalue weighted by atomic mass is 16.1. The van der Waals surface area contributed by atoms with Crippen molar-refractivity contribution in [3.05, 3.63) is 60.8 Å². The molecule has 0 atom stereocenters. The van der Waals surface area contributed by atoms with E-state index in [0.29, 0.717) is 17.4 Å². The third-order valence-electron chi connectivity index (χ3n) is 6.11. The zero-order valence-electron chi connectivity index (χ0n) is 19.2. The summed E-state index contributed by atoms with van der Waals surface area (Å²) in [5, 5.41) is 17.1. The van der Waals surface area contributed by atoms with Crippen LogP contribution in [-0.2, 0) is 5.24 Å². The number of amides is 1. The number of hydrogen-bond donors (Lipinski definition) is 2. The lowest BCUT2D eigenvalue weighted by atomic mass is 9.49. The Morgan fingerprint density at radius 2 is 1.82 bits per heavy atom. The van der Waals surface area contributed by atoms with Crippen molar-refractivity contribution in [1.82, 2.24) is 29.9 Å². The molecule has 4 heterocycles. The second-order valence-corrected chi connectivity index (χ2v) is 9.62. The van der Waals surface area contributed by atoms with Crippen molar-refractivity contribution in [2.24, 2.45) is 0 Å². The molecule has 1 aliphatic heterocycles. The van der Waals surface area contributed by atoms with Gasteiger partial charge in [0.15, 0.2) is 0 Å². The van der Waals surface area contributed by atoms with Gasteiger partial charge in [0.2, 0.25) is 0 Å². The van der Waals surface area contributed by atoms with Crippen LogP contribution in [0.15, 0.2) is 55.2 Å². The molecule has 1 amide bonds. The van der Waals surface area contributed by atoms with Crippen molar-refractivity contribution >= 4 is 46.0 Å². The lowest BCUT2D eigenvalue weighted by Crippen LogP contribution is -2.35. The molecule has 0 unspecified atom stereocenters. The van der Waals surface area contributed by atoms with Gasteiger partial charge in [0, 0.05) is 29.5 Å². The van der Waals surface area contributed by atoms with Gasteiger partial charge >= 0.3 is 0 Å².